The number of rotatable bonds is 9. The van der Waals surface area contributed by atoms with E-state index in [1.165, 1.54) is 11.3 Å². The van der Waals surface area contributed by atoms with Crippen LogP contribution in [-0.4, -0.2) is 49.3 Å². The van der Waals surface area contributed by atoms with Gasteiger partial charge in [0.1, 0.15) is 0 Å². The molecule has 0 spiro atoms. The van der Waals surface area contributed by atoms with Crippen molar-refractivity contribution in [3.63, 3.8) is 0 Å². The summed E-state index contributed by atoms with van der Waals surface area (Å²) in [4.78, 5) is 6.48. The molecule has 25 heavy (non-hydrogen) atoms. The van der Waals surface area contributed by atoms with Crippen LogP contribution in [0.5, 0.6) is 0 Å². The second kappa shape index (κ2) is 10.6. The summed E-state index contributed by atoms with van der Waals surface area (Å²) in [6.45, 7) is 3.22. The van der Waals surface area contributed by atoms with Crippen molar-refractivity contribution in [3.8, 4) is 0 Å². The third-order valence-electron chi connectivity index (χ3n) is 4.15. The van der Waals surface area contributed by atoms with Gasteiger partial charge in [-0.2, -0.15) is 0 Å². The SMILES string of the molecule is CN=C(NCCCOCCc1ccccc1)N(C)Cc1cccn1C. The van der Waals surface area contributed by atoms with Crippen LogP contribution < -0.4 is 5.32 Å². The fraction of sp³-hybridized carbons (Fsp3) is 0.450. The molecule has 5 heteroatoms. The van der Waals surface area contributed by atoms with Crippen LogP contribution in [0.15, 0.2) is 53.7 Å². The Bertz CT molecular complexity index is 636. The Kier molecular flexibility index (Phi) is 8.05. The van der Waals surface area contributed by atoms with Gasteiger partial charge in [-0.15, -0.1) is 0 Å². The van der Waals surface area contributed by atoms with Gasteiger partial charge in [0.2, 0.25) is 0 Å². The third kappa shape index (κ3) is 6.63. The van der Waals surface area contributed by atoms with E-state index in [1.807, 2.05) is 13.1 Å². The lowest BCUT2D eigenvalue weighted by Crippen LogP contribution is -2.39. The van der Waals surface area contributed by atoms with E-state index < -0.39 is 0 Å². The molecule has 1 N–H and O–H groups in total. The van der Waals surface area contributed by atoms with Gasteiger partial charge >= 0.3 is 0 Å². The van der Waals surface area contributed by atoms with E-state index in [2.05, 4.69) is 76.5 Å². The zero-order chi connectivity index (χ0) is 17.9. The summed E-state index contributed by atoms with van der Waals surface area (Å²) in [6.07, 6.45) is 3.99. The van der Waals surface area contributed by atoms with Gasteiger partial charge < -0.3 is 19.5 Å². The van der Waals surface area contributed by atoms with Crippen molar-refractivity contribution in [1.29, 1.82) is 0 Å². The molecule has 136 valence electrons. The summed E-state index contributed by atoms with van der Waals surface area (Å²) in [5, 5.41) is 3.40. The van der Waals surface area contributed by atoms with Crippen LogP contribution in [0.2, 0.25) is 0 Å². The quantitative estimate of drug-likeness (QED) is 0.433. The molecule has 5 nitrogen and oxygen atoms in total. The van der Waals surface area contributed by atoms with Crippen LogP contribution in [-0.2, 0) is 24.8 Å². The van der Waals surface area contributed by atoms with Gasteiger partial charge in [-0.05, 0) is 30.5 Å². The minimum atomic E-state index is 0.762. The molecule has 0 amide bonds. The van der Waals surface area contributed by atoms with E-state index in [4.69, 9.17) is 4.74 Å². The zero-order valence-corrected chi connectivity index (χ0v) is 15.6. The maximum atomic E-state index is 5.72. The molecule has 0 unspecified atom stereocenters. The Hall–Kier alpha value is -2.27. The van der Waals surface area contributed by atoms with Crippen LogP contribution >= 0.6 is 0 Å². The first-order valence-electron chi connectivity index (χ1n) is 8.84. The van der Waals surface area contributed by atoms with Crippen LogP contribution in [0.25, 0.3) is 0 Å². The minimum absolute atomic E-state index is 0.762. The largest absolute Gasteiger partial charge is 0.381 e. The number of aliphatic imine (C=N–C) groups is 1. The van der Waals surface area contributed by atoms with Crippen molar-refractivity contribution in [2.75, 3.05) is 33.9 Å². The summed E-state index contributed by atoms with van der Waals surface area (Å²) in [5.41, 5.74) is 2.58. The number of benzene rings is 1. The topological polar surface area (TPSA) is 41.8 Å². The Morgan fingerprint density at radius 1 is 1.16 bits per heavy atom. The van der Waals surface area contributed by atoms with Gasteiger partial charge in [-0.25, -0.2) is 0 Å². The highest BCUT2D eigenvalue weighted by Gasteiger charge is 2.07. The van der Waals surface area contributed by atoms with E-state index in [0.717, 1.165) is 45.1 Å². The molecule has 1 aromatic carbocycles. The Morgan fingerprint density at radius 3 is 2.64 bits per heavy atom. The summed E-state index contributed by atoms with van der Waals surface area (Å²) in [5.74, 6) is 0.908. The Labute approximate surface area is 151 Å². The third-order valence-corrected chi connectivity index (χ3v) is 4.15. The number of aryl methyl sites for hydroxylation is 1. The molecule has 2 aromatic rings. The summed E-state index contributed by atoms with van der Waals surface area (Å²) in [7, 11) is 5.94. The van der Waals surface area contributed by atoms with Crippen LogP contribution in [0.1, 0.15) is 17.7 Å². The lowest BCUT2D eigenvalue weighted by atomic mass is 10.2. The molecular formula is C20H30N4O. The Morgan fingerprint density at radius 2 is 1.96 bits per heavy atom. The van der Waals surface area contributed by atoms with Crippen molar-refractivity contribution in [1.82, 2.24) is 14.8 Å². The molecule has 0 aliphatic carbocycles. The lowest BCUT2D eigenvalue weighted by molar-refractivity contribution is 0.135. The lowest BCUT2D eigenvalue weighted by Gasteiger charge is -2.22. The van der Waals surface area contributed by atoms with Gasteiger partial charge in [0.05, 0.1) is 13.2 Å². The molecule has 0 saturated carbocycles. The first-order valence-corrected chi connectivity index (χ1v) is 8.84. The highest BCUT2D eigenvalue weighted by atomic mass is 16.5. The van der Waals surface area contributed by atoms with E-state index >= 15 is 0 Å². The zero-order valence-electron chi connectivity index (χ0n) is 15.6. The molecule has 0 saturated heterocycles. The minimum Gasteiger partial charge on any atom is -0.381 e. The van der Waals surface area contributed by atoms with Gasteiger partial charge in [0.25, 0.3) is 0 Å². The number of hydrogen-bond acceptors (Lipinski definition) is 2. The maximum Gasteiger partial charge on any atom is 0.193 e. The summed E-state index contributed by atoms with van der Waals surface area (Å²) in [6, 6.07) is 14.6. The van der Waals surface area contributed by atoms with Crippen molar-refractivity contribution in [2.24, 2.45) is 12.0 Å². The van der Waals surface area contributed by atoms with Gasteiger partial charge in [-0.1, -0.05) is 30.3 Å². The molecule has 0 fully saturated rings. The molecule has 0 aliphatic heterocycles. The van der Waals surface area contributed by atoms with Crippen LogP contribution in [0.4, 0.5) is 0 Å². The molecular weight excluding hydrogens is 312 g/mol. The standard InChI is InChI=1S/C20H30N4O/c1-21-20(24(3)17-19-11-7-14-23(19)2)22-13-8-15-25-16-12-18-9-5-4-6-10-18/h4-7,9-11,14H,8,12-13,15-17H2,1-3H3,(H,21,22). The average molecular weight is 342 g/mol. The van der Waals surface area contributed by atoms with Gasteiger partial charge in [0, 0.05) is 46.2 Å². The first-order chi connectivity index (χ1) is 12.2. The van der Waals surface area contributed by atoms with Crippen molar-refractivity contribution in [2.45, 2.75) is 19.4 Å². The molecule has 0 aliphatic rings. The normalized spacial score (nSPS) is 11.6. The van der Waals surface area contributed by atoms with Gasteiger partial charge in [0.15, 0.2) is 5.96 Å². The first kappa shape index (κ1) is 19.1. The monoisotopic (exact) mass is 342 g/mol. The van der Waals surface area contributed by atoms with Crippen molar-refractivity contribution in [3.05, 3.63) is 59.9 Å². The number of guanidine groups is 1. The van der Waals surface area contributed by atoms with E-state index in [9.17, 15) is 0 Å². The second-order valence-electron chi connectivity index (χ2n) is 6.14. The number of nitrogens with zero attached hydrogens (tertiary/aromatic N) is 3. The number of nitrogens with one attached hydrogen (secondary N) is 1. The molecule has 0 bridgehead atoms. The van der Waals surface area contributed by atoms with E-state index in [0.29, 0.717) is 0 Å². The molecule has 0 radical (unpaired) electrons. The van der Waals surface area contributed by atoms with Crippen LogP contribution in [0, 0.1) is 0 Å². The smallest absolute Gasteiger partial charge is 0.193 e. The van der Waals surface area contributed by atoms with Crippen LogP contribution in [0.3, 0.4) is 0 Å². The number of hydrogen-bond donors (Lipinski definition) is 1. The maximum absolute atomic E-state index is 5.72. The highest BCUT2D eigenvalue weighted by Crippen LogP contribution is 2.03. The van der Waals surface area contributed by atoms with E-state index in [1.54, 1.807) is 0 Å². The highest BCUT2D eigenvalue weighted by molar-refractivity contribution is 5.79. The Balaban J connectivity index is 1.58. The number of ether oxygens (including phenoxy) is 1. The average Bonchev–Trinajstić information content (AvgIpc) is 3.03. The number of aromatic nitrogens is 1. The summed E-state index contributed by atoms with van der Waals surface area (Å²) >= 11 is 0. The van der Waals surface area contributed by atoms with Crippen molar-refractivity contribution < 1.29 is 4.74 Å². The molecule has 0 atom stereocenters. The molecule has 1 heterocycles. The predicted molar refractivity (Wildman–Crippen MR) is 104 cm³/mol. The van der Waals surface area contributed by atoms with E-state index in [-0.39, 0.29) is 0 Å². The fourth-order valence-electron chi connectivity index (χ4n) is 2.67. The summed E-state index contributed by atoms with van der Waals surface area (Å²) < 4.78 is 7.85. The van der Waals surface area contributed by atoms with Crippen molar-refractivity contribution >= 4 is 5.96 Å². The predicted octanol–water partition coefficient (Wildman–Crippen LogP) is 2.68. The molecule has 2 rings (SSSR count). The van der Waals surface area contributed by atoms with Gasteiger partial charge in [-0.3, -0.25) is 4.99 Å². The fourth-order valence-corrected chi connectivity index (χ4v) is 2.67. The molecule has 1 aromatic heterocycles. The second-order valence-corrected chi connectivity index (χ2v) is 6.14.